The number of anilines is 1. The van der Waals surface area contributed by atoms with Crippen LogP contribution in [-0.2, 0) is 16.0 Å². The molecule has 0 aromatic heterocycles. The number of carbonyl (C=O) groups is 1. The van der Waals surface area contributed by atoms with Crippen molar-refractivity contribution < 1.29 is 9.53 Å². The van der Waals surface area contributed by atoms with Gasteiger partial charge in [0.05, 0.1) is 18.8 Å². The summed E-state index contributed by atoms with van der Waals surface area (Å²) >= 11 is 0. The monoisotopic (exact) mass is 357 g/mol. The fourth-order valence-electron chi connectivity index (χ4n) is 4.90. The van der Waals surface area contributed by atoms with Gasteiger partial charge >= 0.3 is 0 Å². The molecule has 1 aromatic carbocycles. The number of morpholine rings is 1. The van der Waals surface area contributed by atoms with Crippen LogP contribution in [0.2, 0.25) is 0 Å². The molecule has 3 heterocycles. The van der Waals surface area contributed by atoms with Gasteiger partial charge in [0.2, 0.25) is 5.91 Å². The van der Waals surface area contributed by atoms with Gasteiger partial charge in [-0.2, -0.15) is 0 Å². The molecule has 3 atom stereocenters. The zero-order chi connectivity index (χ0) is 18.1. The maximum absolute atomic E-state index is 13.0. The Kier molecular flexibility index (Phi) is 5.30. The van der Waals surface area contributed by atoms with Crippen molar-refractivity contribution >= 4 is 11.6 Å². The molecule has 5 heteroatoms. The van der Waals surface area contributed by atoms with Crippen molar-refractivity contribution in [1.82, 2.24) is 9.80 Å². The first-order valence-electron chi connectivity index (χ1n) is 10.1. The first kappa shape index (κ1) is 18.0. The van der Waals surface area contributed by atoms with E-state index in [4.69, 9.17) is 4.74 Å². The third kappa shape index (κ3) is 3.80. The number of carbonyl (C=O) groups excluding carboxylic acids is 1. The van der Waals surface area contributed by atoms with Gasteiger partial charge in [-0.25, -0.2) is 0 Å². The molecule has 2 saturated heterocycles. The summed E-state index contributed by atoms with van der Waals surface area (Å²) in [5, 5.41) is 0. The fraction of sp³-hybridized carbons (Fsp3) is 0.667. The molecular weight excluding hydrogens is 326 g/mol. The predicted octanol–water partition coefficient (Wildman–Crippen LogP) is 2.15. The maximum Gasteiger partial charge on any atom is 0.241 e. The van der Waals surface area contributed by atoms with Crippen LogP contribution >= 0.6 is 0 Å². The van der Waals surface area contributed by atoms with E-state index in [9.17, 15) is 4.79 Å². The lowest BCUT2D eigenvalue weighted by Gasteiger charge is -2.38. The number of hydrogen-bond donors (Lipinski definition) is 0. The van der Waals surface area contributed by atoms with Crippen LogP contribution in [0, 0.1) is 0 Å². The van der Waals surface area contributed by atoms with Crippen molar-refractivity contribution in [3.8, 4) is 0 Å². The van der Waals surface area contributed by atoms with Crippen molar-refractivity contribution in [2.24, 2.45) is 0 Å². The average molecular weight is 357 g/mol. The smallest absolute Gasteiger partial charge is 0.241 e. The second kappa shape index (κ2) is 7.67. The second-order valence-corrected chi connectivity index (χ2v) is 8.17. The van der Waals surface area contributed by atoms with E-state index in [0.29, 0.717) is 24.8 Å². The van der Waals surface area contributed by atoms with Crippen LogP contribution in [0.15, 0.2) is 24.3 Å². The Morgan fingerprint density at radius 2 is 1.92 bits per heavy atom. The van der Waals surface area contributed by atoms with E-state index in [1.165, 1.54) is 18.4 Å². The minimum absolute atomic E-state index is 0.255. The molecular formula is C21H31N3O2. The molecule has 3 aliphatic rings. The van der Waals surface area contributed by atoms with Crippen molar-refractivity contribution in [3.05, 3.63) is 29.8 Å². The first-order valence-corrected chi connectivity index (χ1v) is 10.1. The molecule has 2 fully saturated rings. The average Bonchev–Trinajstić information content (AvgIpc) is 3.21. The van der Waals surface area contributed by atoms with Crippen molar-refractivity contribution in [1.29, 1.82) is 0 Å². The van der Waals surface area contributed by atoms with Gasteiger partial charge in [-0.15, -0.1) is 0 Å². The summed E-state index contributed by atoms with van der Waals surface area (Å²) in [6.45, 7) is 9.80. The first-order chi connectivity index (χ1) is 12.6. The Labute approximate surface area is 156 Å². The standard InChI is InChI=1S/C21H31N3O2/c1-16-12-22(13-17(2)26-16)14-19-7-5-10-23(19)15-21(25)24-11-9-18-6-3-4-8-20(18)24/h3-4,6,8,16-17,19H,5,7,9-15H2,1-2H3/t16-,17-,19+/m1/s1. The summed E-state index contributed by atoms with van der Waals surface area (Å²) in [5.74, 6) is 0.255. The van der Waals surface area contributed by atoms with Crippen LogP contribution in [0.4, 0.5) is 5.69 Å². The van der Waals surface area contributed by atoms with Gasteiger partial charge in [0, 0.05) is 37.9 Å². The number of ether oxygens (including phenoxy) is 1. The van der Waals surface area contributed by atoms with Crippen LogP contribution in [0.1, 0.15) is 32.3 Å². The maximum atomic E-state index is 13.0. The molecule has 1 aromatic rings. The highest BCUT2D eigenvalue weighted by atomic mass is 16.5. The van der Waals surface area contributed by atoms with E-state index in [1.807, 2.05) is 11.0 Å². The molecule has 5 nitrogen and oxygen atoms in total. The molecule has 0 unspecified atom stereocenters. The lowest BCUT2D eigenvalue weighted by Crippen LogP contribution is -2.51. The third-order valence-corrected chi connectivity index (χ3v) is 5.99. The highest BCUT2D eigenvalue weighted by Gasteiger charge is 2.33. The van der Waals surface area contributed by atoms with Crippen LogP contribution < -0.4 is 4.90 Å². The summed E-state index contributed by atoms with van der Waals surface area (Å²) in [4.78, 5) is 19.9. The van der Waals surface area contributed by atoms with Crippen molar-refractivity contribution in [2.45, 2.75) is 51.4 Å². The van der Waals surface area contributed by atoms with E-state index in [1.54, 1.807) is 0 Å². The van der Waals surface area contributed by atoms with E-state index in [0.717, 1.165) is 44.8 Å². The van der Waals surface area contributed by atoms with Crippen LogP contribution in [0.3, 0.4) is 0 Å². The number of para-hydroxylation sites is 1. The van der Waals surface area contributed by atoms with Crippen molar-refractivity contribution in [2.75, 3.05) is 44.2 Å². The molecule has 0 radical (unpaired) electrons. The lowest BCUT2D eigenvalue weighted by atomic mass is 10.1. The van der Waals surface area contributed by atoms with Gasteiger partial charge in [0.15, 0.2) is 0 Å². The van der Waals surface area contributed by atoms with E-state index in [-0.39, 0.29) is 5.91 Å². The molecule has 0 bridgehead atoms. The third-order valence-electron chi connectivity index (χ3n) is 5.99. The largest absolute Gasteiger partial charge is 0.373 e. The molecule has 1 amide bonds. The Balaban J connectivity index is 1.36. The number of hydrogen-bond acceptors (Lipinski definition) is 4. The Morgan fingerprint density at radius 3 is 2.73 bits per heavy atom. The minimum Gasteiger partial charge on any atom is -0.373 e. The number of nitrogens with zero attached hydrogens (tertiary/aromatic N) is 3. The molecule has 3 aliphatic heterocycles. The molecule has 0 aliphatic carbocycles. The summed E-state index contributed by atoms with van der Waals surface area (Å²) in [5.41, 5.74) is 2.42. The zero-order valence-corrected chi connectivity index (χ0v) is 16.1. The molecule has 4 rings (SSSR count). The highest BCUT2D eigenvalue weighted by Crippen LogP contribution is 2.28. The van der Waals surface area contributed by atoms with Gasteiger partial charge in [0.1, 0.15) is 0 Å². The summed E-state index contributed by atoms with van der Waals surface area (Å²) in [7, 11) is 0. The van der Waals surface area contributed by atoms with E-state index in [2.05, 4.69) is 41.8 Å². The molecule has 0 spiro atoms. The molecule has 26 heavy (non-hydrogen) atoms. The van der Waals surface area contributed by atoms with E-state index < -0.39 is 0 Å². The summed E-state index contributed by atoms with van der Waals surface area (Å²) < 4.78 is 5.86. The van der Waals surface area contributed by atoms with Gasteiger partial charge < -0.3 is 9.64 Å². The van der Waals surface area contributed by atoms with Gasteiger partial charge in [-0.05, 0) is 51.3 Å². The summed E-state index contributed by atoms with van der Waals surface area (Å²) in [6.07, 6.45) is 3.98. The zero-order valence-electron chi connectivity index (χ0n) is 16.1. The predicted molar refractivity (Wildman–Crippen MR) is 104 cm³/mol. The topological polar surface area (TPSA) is 36.0 Å². The number of benzene rings is 1. The van der Waals surface area contributed by atoms with Gasteiger partial charge in [0.25, 0.3) is 0 Å². The Hall–Kier alpha value is -1.43. The second-order valence-electron chi connectivity index (χ2n) is 8.17. The molecule has 142 valence electrons. The van der Waals surface area contributed by atoms with Crippen LogP contribution in [0.5, 0.6) is 0 Å². The Bertz CT molecular complexity index is 640. The molecule has 0 saturated carbocycles. The number of amides is 1. The minimum atomic E-state index is 0.255. The number of rotatable bonds is 4. The van der Waals surface area contributed by atoms with Gasteiger partial charge in [-0.3, -0.25) is 14.6 Å². The lowest BCUT2D eigenvalue weighted by molar-refractivity contribution is -0.120. The SMILES string of the molecule is C[C@@H]1CN(C[C@@H]2CCCN2CC(=O)N2CCc3ccccc32)C[C@@H](C)O1. The normalized spacial score (nSPS) is 29.9. The van der Waals surface area contributed by atoms with E-state index >= 15 is 0 Å². The fourth-order valence-corrected chi connectivity index (χ4v) is 4.90. The highest BCUT2D eigenvalue weighted by molar-refractivity contribution is 5.96. The number of likely N-dealkylation sites (tertiary alicyclic amines) is 1. The quantitative estimate of drug-likeness (QED) is 0.827. The Morgan fingerprint density at radius 1 is 1.15 bits per heavy atom. The van der Waals surface area contributed by atoms with Crippen LogP contribution in [-0.4, -0.2) is 73.2 Å². The summed E-state index contributed by atoms with van der Waals surface area (Å²) in [6, 6.07) is 8.81. The van der Waals surface area contributed by atoms with Gasteiger partial charge in [-0.1, -0.05) is 18.2 Å². The number of fused-ring (bicyclic) bond motifs is 1. The van der Waals surface area contributed by atoms with Crippen LogP contribution in [0.25, 0.3) is 0 Å². The molecule has 0 N–H and O–H groups in total. The van der Waals surface area contributed by atoms with Crippen molar-refractivity contribution in [3.63, 3.8) is 0 Å².